The molecule has 2 aromatic rings. The molecule has 0 unspecified atom stereocenters. The first-order chi connectivity index (χ1) is 9.10. The van der Waals surface area contributed by atoms with Crippen molar-refractivity contribution in [3.05, 3.63) is 44.5 Å². The molecular formula is C12H13N3O3S. The van der Waals surface area contributed by atoms with E-state index in [9.17, 15) is 9.59 Å². The monoisotopic (exact) mass is 279 g/mol. The Morgan fingerprint density at radius 3 is 2.89 bits per heavy atom. The Balaban J connectivity index is 2.09. The first-order valence-corrected chi connectivity index (χ1v) is 6.36. The molecule has 0 radical (unpaired) electrons. The molecule has 0 atom stereocenters. The lowest BCUT2D eigenvalue weighted by molar-refractivity contribution is 0.0601. The van der Waals surface area contributed by atoms with E-state index in [1.165, 1.54) is 7.11 Å². The standard InChI is InChI=1S/C12H13N3O3S/c1-18-11(16)7-2-3-10(9(13)4-7)14-5-8-6-19-12(17)15-8/h2-4,6,14H,5,13H2,1H3,(H,15,17). The normalized spacial score (nSPS) is 10.2. The third-order valence-electron chi connectivity index (χ3n) is 2.51. The number of ether oxygens (including phenoxy) is 1. The van der Waals surface area contributed by atoms with Crippen LogP contribution in [0.4, 0.5) is 11.4 Å². The molecule has 0 aliphatic heterocycles. The summed E-state index contributed by atoms with van der Waals surface area (Å²) >= 11 is 1.11. The van der Waals surface area contributed by atoms with Gasteiger partial charge in [0.2, 0.25) is 0 Å². The molecule has 0 aliphatic carbocycles. The van der Waals surface area contributed by atoms with Gasteiger partial charge in [-0.25, -0.2) is 4.79 Å². The Bertz CT molecular complexity index is 648. The number of nitrogen functional groups attached to an aromatic ring is 1. The molecule has 0 fully saturated rings. The summed E-state index contributed by atoms with van der Waals surface area (Å²) in [5, 5.41) is 4.83. The fourth-order valence-electron chi connectivity index (χ4n) is 1.56. The predicted molar refractivity (Wildman–Crippen MR) is 74.5 cm³/mol. The number of aromatic amines is 1. The number of anilines is 2. The van der Waals surface area contributed by atoms with Gasteiger partial charge in [0, 0.05) is 11.1 Å². The maximum absolute atomic E-state index is 11.3. The summed E-state index contributed by atoms with van der Waals surface area (Å²) in [5.41, 5.74) is 8.16. The van der Waals surface area contributed by atoms with E-state index in [0.29, 0.717) is 23.5 Å². The minimum Gasteiger partial charge on any atom is -0.465 e. The van der Waals surface area contributed by atoms with Gasteiger partial charge in [0.05, 0.1) is 30.6 Å². The molecule has 0 amide bonds. The summed E-state index contributed by atoms with van der Waals surface area (Å²) in [5.74, 6) is -0.430. The molecule has 100 valence electrons. The number of hydrogen-bond acceptors (Lipinski definition) is 6. The molecule has 7 heteroatoms. The molecule has 0 saturated heterocycles. The second kappa shape index (κ2) is 5.57. The number of thiazole rings is 1. The van der Waals surface area contributed by atoms with Crippen molar-refractivity contribution in [1.29, 1.82) is 0 Å². The summed E-state index contributed by atoms with van der Waals surface area (Å²) in [7, 11) is 1.32. The summed E-state index contributed by atoms with van der Waals surface area (Å²) in [6.45, 7) is 0.459. The Kier molecular flexibility index (Phi) is 3.86. The third kappa shape index (κ3) is 3.14. The SMILES string of the molecule is COC(=O)c1ccc(NCc2csc(=O)[nH]2)c(N)c1. The van der Waals surface area contributed by atoms with Crippen molar-refractivity contribution in [3.63, 3.8) is 0 Å². The van der Waals surface area contributed by atoms with Gasteiger partial charge < -0.3 is 20.8 Å². The van der Waals surface area contributed by atoms with Crippen LogP contribution in [0.5, 0.6) is 0 Å². The molecule has 1 heterocycles. The minimum absolute atomic E-state index is 0.0918. The van der Waals surface area contributed by atoms with Crippen molar-refractivity contribution in [1.82, 2.24) is 4.98 Å². The fraction of sp³-hybridized carbons (Fsp3) is 0.167. The molecule has 0 spiro atoms. The van der Waals surface area contributed by atoms with Crippen LogP contribution in [-0.4, -0.2) is 18.1 Å². The van der Waals surface area contributed by atoms with Crippen molar-refractivity contribution in [2.24, 2.45) is 0 Å². The molecule has 4 N–H and O–H groups in total. The highest BCUT2D eigenvalue weighted by Gasteiger charge is 2.08. The number of aromatic nitrogens is 1. The van der Waals surface area contributed by atoms with Gasteiger partial charge in [-0.05, 0) is 18.2 Å². The number of rotatable bonds is 4. The number of H-pyrrole nitrogens is 1. The van der Waals surface area contributed by atoms with Gasteiger partial charge in [0.15, 0.2) is 0 Å². The first kappa shape index (κ1) is 13.2. The summed E-state index contributed by atoms with van der Waals surface area (Å²) in [6.07, 6.45) is 0. The van der Waals surface area contributed by atoms with Crippen LogP contribution in [0.15, 0.2) is 28.4 Å². The van der Waals surface area contributed by atoms with Crippen molar-refractivity contribution in [3.8, 4) is 0 Å². The highest BCUT2D eigenvalue weighted by atomic mass is 32.1. The van der Waals surface area contributed by atoms with Gasteiger partial charge in [-0.1, -0.05) is 11.3 Å². The summed E-state index contributed by atoms with van der Waals surface area (Å²) in [6, 6.07) is 4.87. The number of carbonyl (C=O) groups excluding carboxylic acids is 1. The van der Waals surface area contributed by atoms with Crippen LogP contribution < -0.4 is 15.9 Å². The van der Waals surface area contributed by atoms with Gasteiger partial charge in [0.1, 0.15) is 0 Å². The van der Waals surface area contributed by atoms with Gasteiger partial charge in [-0.3, -0.25) is 4.79 Å². The van der Waals surface area contributed by atoms with Crippen LogP contribution in [0.3, 0.4) is 0 Å². The van der Waals surface area contributed by atoms with Crippen LogP contribution in [-0.2, 0) is 11.3 Å². The maximum Gasteiger partial charge on any atom is 0.337 e. The van der Waals surface area contributed by atoms with E-state index < -0.39 is 5.97 Å². The van der Waals surface area contributed by atoms with Crippen LogP contribution in [0, 0.1) is 0 Å². The number of esters is 1. The molecule has 19 heavy (non-hydrogen) atoms. The number of nitrogens with one attached hydrogen (secondary N) is 2. The average molecular weight is 279 g/mol. The first-order valence-electron chi connectivity index (χ1n) is 5.48. The Labute approximate surface area is 113 Å². The van der Waals surface area contributed by atoms with Crippen molar-refractivity contribution in [2.75, 3.05) is 18.2 Å². The lowest BCUT2D eigenvalue weighted by Crippen LogP contribution is -2.07. The zero-order valence-electron chi connectivity index (χ0n) is 10.2. The van der Waals surface area contributed by atoms with Gasteiger partial charge >= 0.3 is 10.8 Å². The molecule has 1 aromatic heterocycles. The molecule has 0 saturated carbocycles. The Morgan fingerprint density at radius 1 is 1.53 bits per heavy atom. The zero-order valence-corrected chi connectivity index (χ0v) is 11.0. The molecule has 6 nitrogen and oxygen atoms in total. The number of hydrogen-bond donors (Lipinski definition) is 3. The van der Waals surface area contributed by atoms with Crippen LogP contribution >= 0.6 is 11.3 Å². The topological polar surface area (TPSA) is 97.2 Å². The minimum atomic E-state index is -0.430. The smallest absolute Gasteiger partial charge is 0.337 e. The lowest BCUT2D eigenvalue weighted by atomic mass is 10.1. The largest absolute Gasteiger partial charge is 0.465 e. The van der Waals surface area contributed by atoms with Gasteiger partial charge in [-0.2, -0.15) is 0 Å². The van der Waals surface area contributed by atoms with E-state index in [1.54, 1.807) is 23.6 Å². The van der Waals surface area contributed by atoms with E-state index in [0.717, 1.165) is 17.0 Å². The highest BCUT2D eigenvalue weighted by Crippen LogP contribution is 2.20. The zero-order chi connectivity index (χ0) is 13.8. The van der Waals surface area contributed by atoms with Crippen LogP contribution in [0.1, 0.15) is 16.1 Å². The average Bonchev–Trinajstić information content (AvgIpc) is 2.82. The molecule has 2 rings (SSSR count). The third-order valence-corrected chi connectivity index (χ3v) is 3.23. The fourth-order valence-corrected chi connectivity index (χ4v) is 2.14. The number of methoxy groups -OCH3 is 1. The molecule has 1 aromatic carbocycles. The quantitative estimate of drug-likeness (QED) is 0.581. The Hall–Kier alpha value is -2.28. The number of benzene rings is 1. The van der Waals surface area contributed by atoms with E-state index >= 15 is 0 Å². The molecular weight excluding hydrogens is 266 g/mol. The highest BCUT2D eigenvalue weighted by molar-refractivity contribution is 7.07. The Morgan fingerprint density at radius 2 is 2.32 bits per heavy atom. The molecule has 0 bridgehead atoms. The lowest BCUT2D eigenvalue weighted by Gasteiger charge is -2.09. The van der Waals surface area contributed by atoms with E-state index in [2.05, 4.69) is 15.0 Å². The molecule has 0 aliphatic rings. The van der Waals surface area contributed by atoms with E-state index in [1.807, 2.05) is 0 Å². The van der Waals surface area contributed by atoms with Gasteiger partial charge in [-0.15, -0.1) is 0 Å². The van der Waals surface area contributed by atoms with E-state index in [4.69, 9.17) is 5.73 Å². The second-order valence-electron chi connectivity index (χ2n) is 3.82. The number of carbonyl (C=O) groups is 1. The van der Waals surface area contributed by atoms with Crippen molar-refractivity contribution in [2.45, 2.75) is 6.54 Å². The van der Waals surface area contributed by atoms with Gasteiger partial charge in [0.25, 0.3) is 0 Å². The van der Waals surface area contributed by atoms with E-state index in [-0.39, 0.29) is 4.87 Å². The van der Waals surface area contributed by atoms with Crippen molar-refractivity contribution < 1.29 is 9.53 Å². The number of nitrogens with two attached hydrogens (primary N) is 1. The van der Waals surface area contributed by atoms with Crippen LogP contribution in [0.2, 0.25) is 0 Å². The van der Waals surface area contributed by atoms with Crippen LogP contribution in [0.25, 0.3) is 0 Å². The van der Waals surface area contributed by atoms with Crippen molar-refractivity contribution >= 4 is 28.7 Å². The predicted octanol–water partition coefficient (Wildman–Crippen LogP) is 1.42. The second-order valence-corrected chi connectivity index (χ2v) is 4.66. The summed E-state index contributed by atoms with van der Waals surface area (Å²) in [4.78, 5) is 24.9. The summed E-state index contributed by atoms with van der Waals surface area (Å²) < 4.78 is 4.61. The maximum atomic E-state index is 11.3.